The number of hydrogen-bond donors (Lipinski definition) is 2. The zero-order valence-electron chi connectivity index (χ0n) is 10.8. The van der Waals surface area contributed by atoms with Gasteiger partial charge in [0.15, 0.2) is 9.84 Å². The summed E-state index contributed by atoms with van der Waals surface area (Å²) in [6, 6.07) is -0.370. The number of sulfonamides is 1. The van der Waals surface area contributed by atoms with Gasteiger partial charge in [-0.1, -0.05) is 0 Å². The zero-order valence-corrected chi connectivity index (χ0v) is 12.5. The Morgan fingerprint density at radius 3 is 2.21 bits per heavy atom. The molecule has 0 aromatic rings. The summed E-state index contributed by atoms with van der Waals surface area (Å²) in [6.07, 6.45) is 1.60. The van der Waals surface area contributed by atoms with E-state index < -0.39 is 32.0 Å². The Morgan fingerprint density at radius 2 is 1.79 bits per heavy atom. The largest absolute Gasteiger partial charge is 0.390 e. The highest BCUT2D eigenvalue weighted by Crippen LogP contribution is 2.18. The Hall–Kier alpha value is -0.220. The van der Waals surface area contributed by atoms with E-state index in [-0.39, 0.29) is 17.5 Å². The smallest absolute Gasteiger partial charge is 0.211 e. The molecule has 0 aromatic heterocycles. The standard InChI is InChI=1S/C10H20N2O5S2/c1-18(14,15)12-4-2-8(3-5-12)11-9-6-19(16,17)7-10(9)13/h8-11,13H,2-7H2,1H3. The molecule has 2 rings (SSSR count). The van der Waals surface area contributed by atoms with Crippen LogP contribution >= 0.6 is 0 Å². The van der Waals surface area contributed by atoms with Crippen molar-refractivity contribution in [1.29, 1.82) is 0 Å². The maximum atomic E-state index is 11.4. The Morgan fingerprint density at radius 1 is 1.21 bits per heavy atom. The molecule has 9 heteroatoms. The number of sulfone groups is 1. The third-order valence-corrected chi connectivity index (χ3v) is 6.71. The van der Waals surface area contributed by atoms with Crippen molar-refractivity contribution in [2.75, 3.05) is 30.9 Å². The second-order valence-electron chi connectivity index (χ2n) is 5.35. The van der Waals surface area contributed by atoms with Gasteiger partial charge in [0.05, 0.1) is 23.9 Å². The molecular weight excluding hydrogens is 292 g/mol. The predicted octanol–water partition coefficient (Wildman–Crippen LogP) is -1.84. The molecule has 0 saturated carbocycles. The van der Waals surface area contributed by atoms with Gasteiger partial charge in [-0.2, -0.15) is 0 Å². The molecule has 19 heavy (non-hydrogen) atoms. The summed E-state index contributed by atoms with van der Waals surface area (Å²) in [4.78, 5) is 0. The summed E-state index contributed by atoms with van der Waals surface area (Å²) in [7, 11) is -6.29. The van der Waals surface area contributed by atoms with Crippen LogP contribution in [0.15, 0.2) is 0 Å². The highest BCUT2D eigenvalue weighted by molar-refractivity contribution is 7.91. The number of nitrogens with zero attached hydrogens (tertiary/aromatic N) is 1. The lowest BCUT2D eigenvalue weighted by Crippen LogP contribution is -2.50. The molecule has 2 unspecified atom stereocenters. The van der Waals surface area contributed by atoms with Crippen molar-refractivity contribution in [2.45, 2.75) is 31.0 Å². The summed E-state index contributed by atoms with van der Waals surface area (Å²) >= 11 is 0. The molecule has 2 aliphatic heterocycles. The Labute approximate surface area is 114 Å². The second-order valence-corrected chi connectivity index (χ2v) is 9.49. The molecule has 0 spiro atoms. The monoisotopic (exact) mass is 312 g/mol. The van der Waals surface area contributed by atoms with Crippen LogP contribution in [0.25, 0.3) is 0 Å². The summed E-state index contributed by atoms with van der Waals surface area (Å²) in [5.74, 6) is -0.229. The molecule has 2 fully saturated rings. The van der Waals surface area contributed by atoms with Crippen LogP contribution in [0.5, 0.6) is 0 Å². The number of rotatable bonds is 3. The zero-order chi connectivity index (χ0) is 14.3. The van der Waals surface area contributed by atoms with Crippen molar-refractivity contribution in [1.82, 2.24) is 9.62 Å². The van der Waals surface area contributed by atoms with Gasteiger partial charge in [0.25, 0.3) is 0 Å². The fourth-order valence-electron chi connectivity index (χ4n) is 2.65. The average molecular weight is 312 g/mol. The fourth-order valence-corrected chi connectivity index (χ4v) is 5.27. The van der Waals surface area contributed by atoms with Crippen molar-refractivity contribution in [3.63, 3.8) is 0 Å². The van der Waals surface area contributed by atoms with E-state index in [0.29, 0.717) is 25.9 Å². The van der Waals surface area contributed by atoms with Crippen LogP contribution in [-0.2, 0) is 19.9 Å². The summed E-state index contributed by atoms with van der Waals surface area (Å²) in [6.45, 7) is 0.873. The van der Waals surface area contributed by atoms with Crippen molar-refractivity contribution >= 4 is 19.9 Å². The van der Waals surface area contributed by atoms with Gasteiger partial charge in [0, 0.05) is 25.2 Å². The van der Waals surface area contributed by atoms with Gasteiger partial charge in [-0.05, 0) is 12.8 Å². The third-order valence-electron chi connectivity index (χ3n) is 3.70. The topological polar surface area (TPSA) is 104 Å². The van der Waals surface area contributed by atoms with E-state index in [9.17, 15) is 21.9 Å². The van der Waals surface area contributed by atoms with Crippen LogP contribution in [-0.4, -0.2) is 75.3 Å². The molecule has 7 nitrogen and oxygen atoms in total. The van der Waals surface area contributed by atoms with Crippen LogP contribution in [0, 0.1) is 0 Å². The van der Waals surface area contributed by atoms with Crippen molar-refractivity contribution in [3.05, 3.63) is 0 Å². The molecule has 2 aliphatic rings. The van der Waals surface area contributed by atoms with Crippen LogP contribution in [0.2, 0.25) is 0 Å². The Bertz CT molecular complexity index is 522. The van der Waals surface area contributed by atoms with Crippen LogP contribution in [0.1, 0.15) is 12.8 Å². The van der Waals surface area contributed by atoms with Crippen molar-refractivity contribution in [2.24, 2.45) is 0 Å². The lowest BCUT2D eigenvalue weighted by Gasteiger charge is -2.32. The normalized spacial score (nSPS) is 33.6. The Balaban J connectivity index is 1.87. The van der Waals surface area contributed by atoms with Gasteiger partial charge in [-0.3, -0.25) is 0 Å². The van der Waals surface area contributed by atoms with Crippen molar-refractivity contribution < 1.29 is 21.9 Å². The van der Waals surface area contributed by atoms with Gasteiger partial charge >= 0.3 is 0 Å². The van der Waals surface area contributed by atoms with Crippen molar-refractivity contribution in [3.8, 4) is 0 Å². The molecular formula is C10H20N2O5S2. The van der Waals surface area contributed by atoms with Gasteiger partial charge < -0.3 is 10.4 Å². The minimum Gasteiger partial charge on any atom is -0.390 e. The van der Waals surface area contributed by atoms with Crippen LogP contribution < -0.4 is 5.32 Å². The molecule has 2 heterocycles. The van der Waals surface area contributed by atoms with Crippen LogP contribution in [0.3, 0.4) is 0 Å². The van der Waals surface area contributed by atoms with E-state index in [4.69, 9.17) is 0 Å². The number of aliphatic hydroxyl groups excluding tert-OH is 1. The first-order valence-electron chi connectivity index (χ1n) is 6.27. The molecule has 0 radical (unpaired) electrons. The third kappa shape index (κ3) is 3.88. The molecule has 2 saturated heterocycles. The van der Waals surface area contributed by atoms with E-state index in [0.717, 1.165) is 0 Å². The summed E-state index contributed by atoms with van der Waals surface area (Å²) in [5.41, 5.74) is 0. The van der Waals surface area contributed by atoms with Gasteiger partial charge in [0.2, 0.25) is 10.0 Å². The van der Waals surface area contributed by atoms with E-state index >= 15 is 0 Å². The molecule has 112 valence electrons. The first kappa shape index (κ1) is 15.2. The number of hydrogen-bond acceptors (Lipinski definition) is 6. The first-order valence-corrected chi connectivity index (χ1v) is 9.94. The summed E-state index contributed by atoms with van der Waals surface area (Å²) in [5, 5.41) is 12.8. The second kappa shape index (κ2) is 5.28. The van der Waals surface area contributed by atoms with E-state index in [2.05, 4.69) is 5.32 Å². The molecule has 0 aliphatic carbocycles. The average Bonchev–Trinajstić information content (AvgIpc) is 2.51. The molecule has 2 N–H and O–H groups in total. The maximum absolute atomic E-state index is 11.4. The minimum absolute atomic E-state index is 0.0412. The lowest BCUT2D eigenvalue weighted by molar-refractivity contribution is 0.150. The van der Waals surface area contributed by atoms with Gasteiger partial charge in [0.1, 0.15) is 0 Å². The SMILES string of the molecule is CS(=O)(=O)N1CCC(NC2CS(=O)(=O)CC2O)CC1. The molecule has 2 atom stereocenters. The fraction of sp³-hybridized carbons (Fsp3) is 1.00. The number of nitrogens with one attached hydrogen (secondary N) is 1. The highest BCUT2D eigenvalue weighted by atomic mass is 32.2. The predicted molar refractivity (Wildman–Crippen MR) is 71.0 cm³/mol. The van der Waals surface area contributed by atoms with E-state index in [1.807, 2.05) is 0 Å². The Kier molecular flexibility index (Phi) is 4.22. The maximum Gasteiger partial charge on any atom is 0.211 e. The minimum atomic E-state index is -3.15. The van der Waals surface area contributed by atoms with Gasteiger partial charge in [-0.15, -0.1) is 0 Å². The number of piperidine rings is 1. The molecule has 0 amide bonds. The van der Waals surface area contributed by atoms with Crippen LogP contribution in [0.4, 0.5) is 0 Å². The quantitative estimate of drug-likeness (QED) is 0.634. The lowest BCUT2D eigenvalue weighted by atomic mass is 10.0. The summed E-state index contributed by atoms with van der Waals surface area (Å²) < 4.78 is 46.9. The van der Waals surface area contributed by atoms with E-state index in [1.54, 1.807) is 0 Å². The van der Waals surface area contributed by atoms with Gasteiger partial charge in [-0.25, -0.2) is 21.1 Å². The molecule has 0 bridgehead atoms. The molecule has 0 aromatic carbocycles. The first-order chi connectivity index (χ1) is 8.67. The van der Waals surface area contributed by atoms with E-state index in [1.165, 1.54) is 10.6 Å². The highest BCUT2D eigenvalue weighted by Gasteiger charge is 2.38. The number of aliphatic hydroxyl groups is 1.